The van der Waals surface area contributed by atoms with Crippen molar-refractivity contribution in [2.75, 3.05) is 37.6 Å². The number of likely N-dealkylation sites (tertiary alicyclic amines) is 1. The summed E-state index contributed by atoms with van der Waals surface area (Å²) in [4.78, 5) is 41.6. The Hall–Kier alpha value is -3.42. The van der Waals surface area contributed by atoms with Gasteiger partial charge in [-0.25, -0.2) is 0 Å². The monoisotopic (exact) mass is 422 g/mol. The fourth-order valence-electron chi connectivity index (χ4n) is 4.23. The molecule has 0 aliphatic carbocycles. The highest BCUT2D eigenvalue weighted by atomic mass is 16.6. The van der Waals surface area contributed by atoms with Crippen molar-refractivity contribution in [3.05, 3.63) is 69.8 Å². The number of nitro benzene ring substituents is 1. The van der Waals surface area contributed by atoms with Crippen molar-refractivity contribution in [2.24, 2.45) is 5.92 Å². The number of nitro groups is 1. The van der Waals surface area contributed by atoms with E-state index in [4.69, 9.17) is 0 Å². The predicted molar refractivity (Wildman–Crippen MR) is 117 cm³/mol. The predicted octanol–water partition coefficient (Wildman–Crippen LogP) is 2.60. The van der Waals surface area contributed by atoms with E-state index in [2.05, 4.69) is 4.90 Å². The molecular formula is C23H26N4O4. The Morgan fingerprint density at radius 3 is 2.29 bits per heavy atom. The van der Waals surface area contributed by atoms with E-state index >= 15 is 0 Å². The summed E-state index contributed by atoms with van der Waals surface area (Å²) in [5, 5.41) is 10.8. The van der Waals surface area contributed by atoms with Crippen LogP contribution in [-0.4, -0.2) is 59.3 Å². The van der Waals surface area contributed by atoms with E-state index in [1.54, 1.807) is 17.0 Å². The first kappa shape index (κ1) is 20.8. The molecule has 0 bridgehead atoms. The average Bonchev–Trinajstić information content (AvgIpc) is 3.15. The Labute approximate surface area is 181 Å². The molecule has 2 fully saturated rings. The van der Waals surface area contributed by atoms with E-state index in [1.807, 2.05) is 36.1 Å². The van der Waals surface area contributed by atoms with Crippen LogP contribution in [-0.2, 0) is 16.1 Å². The molecule has 2 aromatic rings. The standard InChI is InChI=1S/C23H26N4O4/c1-17-2-4-18(5-3-17)15-26-16-19(14-22(26)28)23(29)25-12-10-24(11-13-25)20-6-8-21(9-7-20)27(30)31/h2-9,19H,10-16H2,1H3. The summed E-state index contributed by atoms with van der Waals surface area (Å²) < 4.78 is 0. The van der Waals surface area contributed by atoms with Crippen LogP contribution in [0, 0.1) is 23.0 Å². The molecule has 2 heterocycles. The van der Waals surface area contributed by atoms with Crippen molar-refractivity contribution in [3.8, 4) is 0 Å². The van der Waals surface area contributed by atoms with Crippen LogP contribution in [0.4, 0.5) is 11.4 Å². The highest BCUT2D eigenvalue weighted by Gasteiger charge is 2.37. The third kappa shape index (κ3) is 4.68. The third-order valence-corrected chi connectivity index (χ3v) is 6.07. The number of hydrogen-bond donors (Lipinski definition) is 0. The summed E-state index contributed by atoms with van der Waals surface area (Å²) >= 11 is 0. The van der Waals surface area contributed by atoms with Gasteiger partial charge >= 0.3 is 0 Å². The van der Waals surface area contributed by atoms with Gasteiger partial charge < -0.3 is 14.7 Å². The lowest BCUT2D eigenvalue weighted by Gasteiger charge is -2.37. The van der Waals surface area contributed by atoms with E-state index in [0.717, 1.165) is 11.3 Å². The van der Waals surface area contributed by atoms with Crippen LogP contribution >= 0.6 is 0 Å². The van der Waals surface area contributed by atoms with Crippen molar-refractivity contribution in [1.82, 2.24) is 9.80 Å². The molecule has 8 nitrogen and oxygen atoms in total. The van der Waals surface area contributed by atoms with E-state index in [0.29, 0.717) is 39.3 Å². The minimum absolute atomic E-state index is 0.0310. The summed E-state index contributed by atoms with van der Waals surface area (Å²) in [6, 6.07) is 14.6. The van der Waals surface area contributed by atoms with Crippen molar-refractivity contribution < 1.29 is 14.5 Å². The topological polar surface area (TPSA) is 87.0 Å². The van der Waals surface area contributed by atoms with Crippen LogP contribution in [0.5, 0.6) is 0 Å². The normalized spacial score (nSPS) is 19.1. The molecule has 2 aliphatic heterocycles. The number of anilines is 1. The molecule has 4 rings (SSSR count). The van der Waals surface area contributed by atoms with Gasteiger partial charge in [0.05, 0.1) is 10.8 Å². The summed E-state index contributed by atoms with van der Waals surface area (Å²) in [6.07, 6.45) is 0.271. The Kier molecular flexibility index (Phi) is 5.88. The second-order valence-corrected chi connectivity index (χ2v) is 8.25. The molecule has 0 saturated carbocycles. The Balaban J connectivity index is 1.31. The van der Waals surface area contributed by atoms with Gasteiger partial charge in [0.15, 0.2) is 0 Å². The molecule has 2 aliphatic rings. The molecule has 0 radical (unpaired) electrons. The zero-order valence-corrected chi connectivity index (χ0v) is 17.6. The fraction of sp³-hybridized carbons (Fsp3) is 0.391. The van der Waals surface area contributed by atoms with Gasteiger partial charge in [-0.3, -0.25) is 19.7 Å². The zero-order chi connectivity index (χ0) is 22.0. The molecule has 1 atom stereocenters. The van der Waals surface area contributed by atoms with Crippen molar-refractivity contribution in [2.45, 2.75) is 19.9 Å². The minimum Gasteiger partial charge on any atom is -0.368 e. The number of amides is 2. The number of benzene rings is 2. The average molecular weight is 422 g/mol. The van der Waals surface area contributed by atoms with Gasteiger partial charge in [0.25, 0.3) is 5.69 Å². The molecule has 2 saturated heterocycles. The molecule has 0 N–H and O–H groups in total. The van der Waals surface area contributed by atoms with E-state index in [9.17, 15) is 19.7 Å². The number of nitrogens with zero attached hydrogens (tertiary/aromatic N) is 4. The first-order valence-electron chi connectivity index (χ1n) is 10.5. The number of carbonyl (C=O) groups is 2. The molecule has 8 heteroatoms. The van der Waals surface area contributed by atoms with Gasteiger partial charge in [-0.05, 0) is 24.6 Å². The number of carbonyl (C=O) groups excluding carboxylic acids is 2. The lowest BCUT2D eigenvalue weighted by atomic mass is 10.1. The fourth-order valence-corrected chi connectivity index (χ4v) is 4.23. The summed E-state index contributed by atoms with van der Waals surface area (Å²) in [5.41, 5.74) is 3.23. The van der Waals surface area contributed by atoms with E-state index in [1.165, 1.54) is 17.7 Å². The number of aryl methyl sites for hydroxylation is 1. The summed E-state index contributed by atoms with van der Waals surface area (Å²) in [6.45, 7) is 5.53. The maximum absolute atomic E-state index is 13.0. The zero-order valence-electron chi connectivity index (χ0n) is 17.6. The summed E-state index contributed by atoms with van der Waals surface area (Å²) in [7, 11) is 0. The van der Waals surface area contributed by atoms with Gasteiger partial charge in [0, 0.05) is 63.5 Å². The van der Waals surface area contributed by atoms with Gasteiger partial charge in [-0.15, -0.1) is 0 Å². The molecule has 31 heavy (non-hydrogen) atoms. The second-order valence-electron chi connectivity index (χ2n) is 8.25. The molecule has 1 unspecified atom stereocenters. The molecular weight excluding hydrogens is 396 g/mol. The van der Waals surface area contributed by atoms with Crippen molar-refractivity contribution in [3.63, 3.8) is 0 Å². The Morgan fingerprint density at radius 1 is 1.03 bits per heavy atom. The first-order chi connectivity index (χ1) is 14.9. The number of piperazine rings is 1. The van der Waals surface area contributed by atoms with Crippen LogP contribution in [0.1, 0.15) is 17.5 Å². The molecule has 2 amide bonds. The number of non-ortho nitro benzene ring substituents is 1. The summed E-state index contributed by atoms with van der Waals surface area (Å²) in [5.74, 6) is -0.213. The van der Waals surface area contributed by atoms with Crippen LogP contribution in [0.15, 0.2) is 48.5 Å². The largest absolute Gasteiger partial charge is 0.368 e. The van der Waals surface area contributed by atoms with Crippen LogP contribution in [0.25, 0.3) is 0 Å². The van der Waals surface area contributed by atoms with Crippen LogP contribution < -0.4 is 4.90 Å². The quantitative estimate of drug-likeness (QED) is 0.546. The smallest absolute Gasteiger partial charge is 0.269 e. The molecule has 0 spiro atoms. The van der Waals surface area contributed by atoms with E-state index in [-0.39, 0.29) is 29.8 Å². The molecule has 162 valence electrons. The second kappa shape index (κ2) is 8.75. The Bertz CT molecular complexity index is 966. The van der Waals surface area contributed by atoms with Crippen molar-refractivity contribution in [1.29, 1.82) is 0 Å². The lowest BCUT2D eigenvalue weighted by Crippen LogP contribution is -2.50. The molecule has 0 aromatic heterocycles. The van der Waals surface area contributed by atoms with Crippen molar-refractivity contribution >= 4 is 23.2 Å². The van der Waals surface area contributed by atoms with Gasteiger partial charge in [-0.2, -0.15) is 0 Å². The first-order valence-corrected chi connectivity index (χ1v) is 10.5. The number of hydrogen-bond acceptors (Lipinski definition) is 5. The van der Waals surface area contributed by atoms with Crippen LogP contribution in [0.3, 0.4) is 0 Å². The number of rotatable bonds is 5. The van der Waals surface area contributed by atoms with E-state index < -0.39 is 4.92 Å². The highest BCUT2D eigenvalue weighted by Crippen LogP contribution is 2.25. The maximum atomic E-state index is 13.0. The lowest BCUT2D eigenvalue weighted by molar-refractivity contribution is -0.384. The van der Waals surface area contributed by atoms with Crippen LogP contribution in [0.2, 0.25) is 0 Å². The minimum atomic E-state index is -0.411. The Morgan fingerprint density at radius 2 is 1.68 bits per heavy atom. The van der Waals surface area contributed by atoms with Gasteiger partial charge in [-0.1, -0.05) is 29.8 Å². The third-order valence-electron chi connectivity index (χ3n) is 6.07. The molecule has 2 aromatic carbocycles. The SMILES string of the molecule is Cc1ccc(CN2CC(C(=O)N3CCN(c4ccc([N+](=O)[O-])cc4)CC3)CC2=O)cc1. The van der Waals surface area contributed by atoms with Gasteiger partial charge in [0.2, 0.25) is 11.8 Å². The van der Waals surface area contributed by atoms with Gasteiger partial charge in [0.1, 0.15) is 0 Å². The maximum Gasteiger partial charge on any atom is 0.269 e. The highest BCUT2D eigenvalue weighted by molar-refractivity contribution is 5.89.